The fraction of sp³-hybridized carbons (Fsp3) is 0.533. The van der Waals surface area contributed by atoms with Gasteiger partial charge in [-0.05, 0) is 32.3 Å². The molecule has 0 aromatic heterocycles. The standard InChI is InChI=1S/C15H26N4O/c1-3-20-11-7-10-17-15(19-16)18-13(2)12-14-8-5-4-6-9-14/h4-6,8-9,13H,3,7,10-12,16H2,1-2H3,(H2,17,18,19). The summed E-state index contributed by atoms with van der Waals surface area (Å²) >= 11 is 0. The van der Waals surface area contributed by atoms with Crippen molar-refractivity contribution in [3.05, 3.63) is 35.9 Å². The van der Waals surface area contributed by atoms with Crippen molar-refractivity contribution in [3.8, 4) is 0 Å². The molecule has 5 heteroatoms. The molecule has 0 heterocycles. The van der Waals surface area contributed by atoms with E-state index in [2.05, 4.69) is 34.8 Å². The summed E-state index contributed by atoms with van der Waals surface area (Å²) in [6, 6.07) is 10.6. The molecule has 0 saturated carbocycles. The van der Waals surface area contributed by atoms with Gasteiger partial charge >= 0.3 is 0 Å². The molecule has 20 heavy (non-hydrogen) atoms. The first kappa shape index (κ1) is 16.5. The summed E-state index contributed by atoms with van der Waals surface area (Å²) in [4.78, 5) is 4.39. The smallest absolute Gasteiger partial charge is 0.205 e. The normalized spacial score (nSPS) is 13.1. The first-order valence-corrected chi connectivity index (χ1v) is 7.15. The van der Waals surface area contributed by atoms with Crippen LogP contribution in [0.4, 0.5) is 0 Å². The number of ether oxygens (including phenoxy) is 1. The van der Waals surface area contributed by atoms with Crippen LogP contribution < -0.4 is 16.6 Å². The molecule has 1 rings (SSSR count). The number of nitrogens with zero attached hydrogens (tertiary/aromatic N) is 1. The van der Waals surface area contributed by atoms with Crippen LogP contribution in [0, 0.1) is 0 Å². The lowest BCUT2D eigenvalue weighted by molar-refractivity contribution is 0.146. The van der Waals surface area contributed by atoms with Crippen molar-refractivity contribution in [1.29, 1.82) is 0 Å². The topological polar surface area (TPSA) is 71.7 Å². The van der Waals surface area contributed by atoms with E-state index in [0.29, 0.717) is 12.5 Å². The van der Waals surface area contributed by atoms with Crippen molar-refractivity contribution in [2.45, 2.75) is 32.7 Å². The van der Waals surface area contributed by atoms with Gasteiger partial charge in [0.25, 0.3) is 0 Å². The Hall–Kier alpha value is -1.59. The van der Waals surface area contributed by atoms with Gasteiger partial charge in [-0.1, -0.05) is 30.3 Å². The molecular formula is C15H26N4O. The third kappa shape index (κ3) is 7.11. The van der Waals surface area contributed by atoms with E-state index in [1.807, 2.05) is 25.1 Å². The number of benzene rings is 1. The van der Waals surface area contributed by atoms with Crippen LogP contribution in [0.5, 0.6) is 0 Å². The van der Waals surface area contributed by atoms with Crippen LogP contribution in [-0.4, -0.2) is 31.8 Å². The molecule has 0 bridgehead atoms. The van der Waals surface area contributed by atoms with E-state index in [0.717, 1.165) is 26.1 Å². The minimum atomic E-state index is 0.263. The van der Waals surface area contributed by atoms with Gasteiger partial charge in [0.1, 0.15) is 0 Å². The number of rotatable bonds is 8. The lowest BCUT2D eigenvalue weighted by Gasteiger charge is -2.16. The summed E-state index contributed by atoms with van der Waals surface area (Å²) < 4.78 is 5.27. The number of hydrazine groups is 1. The molecule has 0 aliphatic rings. The molecule has 0 fully saturated rings. The van der Waals surface area contributed by atoms with Gasteiger partial charge in [-0.15, -0.1) is 0 Å². The third-order valence-corrected chi connectivity index (χ3v) is 2.83. The van der Waals surface area contributed by atoms with Crippen molar-refractivity contribution >= 4 is 5.96 Å². The molecule has 0 aliphatic carbocycles. The Bertz CT molecular complexity index is 381. The zero-order chi connectivity index (χ0) is 14.6. The molecule has 1 atom stereocenters. The molecule has 0 aliphatic heterocycles. The number of nitrogens with two attached hydrogens (primary N) is 1. The Morgan fingerprint density at radius 3 is 2.75 bits per heavy atom. The SMILES string of the molecule is CCOCCCN=C(NN)NC(C)Cc1ccccc1. The largest absolute Gasteiger partial charge is 0.382 e. The van der Waals surface area contributed by atoms with Gasteiger partial charge in [-0.2, -0.15) is 0 Å². The van der Waals surface area contributed by atoms with Gasteiger partial charge in [0.15, 0.2) is 0 Å². The summed E-state index contributed by atoms with van der Waals surface area (Å²) in [6.07, 6.45) is 1.83. The third-order valence-electron chi connectivity index (χ3n) is 2.83. The van der Waals surface area contributed by atoms with Gasteiger partial charge in [0.05, 0.1) is 0 Å². The summed E-state index contributed by atoms with van der Waals surface area (Å²) in [5, 5.41) is 3.28. The molecule has 1 unspecified atom stereocenters. The monoisotopic (exact) mass is 278 g/mol. The fourth-order valence-corrected chi connectivity index (χ4v) is 1.89. The molecule has 0 amide bonds. The van der Waals surface area contributed by atoms with E-state index < -0.39 is 0 Å². The first-order valence-electron chi connectivity index (χ1n) is 7.15. The van der Waals surface area contributed by atoms with Crippen molar-refractivity contribution < 1.29 is 4.74 Å². The molecule has 0 spiro atoms. The zero-order valence-electron chi connectivity index (χ0n) is 12.4. The van der Waals surface area contributed by atoms with E-state index >= 15 is 0 Å². The quantitative estimate of drug-likeness (QED) is 0.221. The van der Waals surface area contributed by atoms with Crippen molar-refractivity contribution in [2.75, 3.05) is 19.8 Å². The maximum atomic E-state index is 5.48. The Kier molecular flexibility index (Phi) is 8.42. The van der Waals surface area contributed by atoms with E-state index in [4.69, 9.17) is 10.6 Å². The highest BCUT2D eigenvalue weighted by molar-refractivity contribution is 5.79. The fourth-order valence-electron chi connectivity index (χ4n) is 1.89. The molecule has 5 nitrogen and oxygen atoms in total. The molecule has 0 saturated heterocycles. The van der Waals surface area contributed by atoms with Crippen molar-refractivity contribution in [1.82, 2.24) is 10.7 Å². The average molecular weight is 278 g/mol. The molecular weight excluding hydrogens is 252 g/mol. The predicted octanol–water partition coefficient (Wildman–Crippen LogP) is 1.45. The van der Waals surface area contributed by atoms with Gasteiger partial charge in [-0.25, -0.2) is 5.84 Å². The van der Waals surface area contributed by atoms with Crippen LogP contribution in [0.2, 0.25) is 0 Å². The van der Waals surface area contributed by atoms with Gasteiger partial charge in [-0.3, -0.25) is 10.4 Å². The Morgan fingerprint density at radius 1 is 1.35 bits per heavy atom. The minimum absolute atomic E-state index is 0.263. The predicted molar refractivity (Wildman–Crippen MR) is 83.5 cm³/mol. The second-order valence-corrected chi connectivity index (χ2v) is 4.66. The Balaban J connectivity index is 2.33. The van der Waals surface area contributed by atoms with E-state index in [-0.39, 0.29) is 6.04 Å². The van der Waals surface area contributed by atoms with Gasteiger partial charge < -0.3 is 10.1 Å². The maximum absolute atomic E-state index is 5.48. The average Bonchev–Trinajstić information content (AvgIpc) is 2.46. The molecule has 0 radical (unpaired) electrons. The molecule has 4 N–H and O–H groups in total. The second-order valence-electron chi connectivity index (χ2n) is 4.66. The number of hydrogen-bond acceptors (Lipinski definition) is 3. The molecule has 1 aromatic rings. The van der Waals surface area contributed by atoms with Crippen molar-refractivity contribution in [2.24, 2.45) is 10.8 Å². The summed E-state index contributed by atoms with van der Waals surface area (Å²) in [7, 11) is 0. The lowest BCUT2D eigenvalue weighted by atomic mass is 10.1. The lowest BCUT2D eigenvalue weighted by Crippen LogP contribution is -2.46. The highest BCUT2D eigenvalue weighted by Gasteiger charge is 2.05. The van der Waals surface area contributed by atoms with Crippen LogP contribution in [-0.2, 0) is 11.2 Å². The summed E-state index contributed by atoms with van der Waals surface area (Å²) in [5.41, 5.74) is 3.90. The van der Waals surface area contributed by atoms with E-state index in [1.54, 1.807) is 0 Å². The number of guanidine groups is 1. The van der Waals surface area contributed by atoms with E-state index in [9.17, 15) is 0 Å². The second kappa shape index (κ2) is 10.2. The van der Waals surface area contributed by atoms with Crippen molar-refractivity contribution in [3.63, 3.8) is 0 Å². The molecule has 1 aromatic carbocycles. The first-order chi connectivity index (χ1) is 9.76. The zero-order valence-corrected chi connectivity index (χ0v) is 12.4. The van der Waals surface area contributed by atoms with Crippen LogP contribution in [0.3, 0.4) is 0 Å². The highest BCUT2D eigenvalue weighted by Crippen LogP contribution is 2.02. The van der Waals surface area contributed by atoms with Gasteiger partial charge in [0.2, 0.25) is 5.96 Å². The number of aliphatic imine (C=N–C) groups is 1. The Morgan fingerprint density at radius 2 is 2.10 bits per heavy atom. The van der Waals surface area contributed by atoms with Crippen LogP contribution >= 0.6 is 0 Å². The van der Waals surface area contributed by atoms with E-state index in [1.165, 1.54) is 5.56 Å². The number of nitrogens with one attached hydrogen (secondary N) is 2. The number of hydrogen-bond donors (Lipinski definition) is 3. The minimum Gasteiger partial charge on any atom is -0.382 e. The Labute approximate surface area is 121 Å². The van der Waals surface area contributed by atoms with Gasteiger partial charge in [0, 0.05) is 25.8 Å². The summed E-state index contributed by atoms with van der Waals surface area (Å²) in [6.45, 7) is 6.28. The highest BCUT2D eigenvalue weighted by atomic mass is 16.5. The molecule has 112 valence electrons. The van der Waals surface area contributed by atoms with Crippen LogP contribution in [0.1, 0.15) is 25.8 Å². The maximum Gasteiger partial charge on any atom is 0.205 e. The van der Waals surface area contributed by atoms with Crippen LogP contribution in [0.25, 0.3) is 0 Å². The van der Waals surface area contributed by atoms with Crippen LogP contribution in [0.15, 0.2) is 35.3 Å². The summed E-state index contributed by atoms with van der Waals surface area (Å²) in [5.74, 6) is 6.11.